The fraction of sp³-hybridized carbons (Fsp3) is 0.167. The summed E-state index contributed by atoms with van der Waals surface area (Å²) in [4.78, 5) is 14.5. The number of aromatic carboxylic acids is 1. The Balaban J connectivity index is 2.27. The molecule has 0 saturated heterocycles. The third-order valence-corrected chi connectivity index (χ3v) is 2.94. The second kappa shape index (κ2) is 5.22. The molecule has 0 atom stereocenters. The van der Waals surface area contributed by atoms with Gasteiger partial charge in [0.1, 0.15) is 5.75 Å². The molecule has 0 unspecified atom stereocenters. The van der Waals surface area contributed by atoms with Crippen molar-refractivity contribution in [1.82, 2.24) is 9.55 Å². The maximum Gasteiger partial charge on any atom is 0.356 e. The standard InChI is InChI=1S/C12H11BrN2O3/c1-18-11-3-2-9(13)4-8(11)5-15-6-10(12(16)17)14-7-15/h2-4,6-7H,5H2,1H3,(H,16,17). The quantitative estimate of drug-likeness (QED) is 0.942. The number of carbonyl (C=O) groups is 1. The van der Waals surface area contributed by atoms with Crippen LogP contribution in [0.5, 0.6) is 5.75 Å². The smallest absolute Gasteiger partial charge is 0.356 e. The maximum absolute atomic E-state index is 10.7. The maximum atomic E-state index is 10.7. The first-order valence-electron chi connectivity index (χ1n) is 5.17. The Kier molecular flexibility index (Phi) is 3.66. The minimum Gasteiger partial charge on any atom is -0.496 e. The van der Waals surface area contributed by atoms with Crippen LogP contribution in [-0.2, 0) is 6.54 Å². The topological polar surface area (TPSA) is 64.4 Å². The molecule has 0 aliphatic heterocycles. The first kappa shape index (κ1) is 12.6. The van der Waals surface area contributed by atoms with Crippen LogP contribution in [0.25, 0.3) is 0 Å². The lowest BCUT2D eigenvalue weighted by Crippen LogP contribution is -2.00. The Morgan fingerprint density at radius 2 is 2.33 bits per heavy atom. The van der Waals surface area contributed by atoms with Crippen LogP contribution >= 0.6 is 15.9 Å². The number of aromatic nitrogens is 2. The summed E-state index contributed by atoms with van der Waals surface area (Å²) in [5.74, 6) is -0.279. The van der Waals surface area contributed by atoms with Gasteiger partial charge < -0.3 is 14.4 Å². The van der Waals surface area contributed by atoms with Crippen LogP contribution in [0.2, 0.25) is 0 Å². The average molecular weight is 311 g/mol. The summed E-state index contributed by atoms with van der Waals surface area (Å²) in [5.41, 5.74) is 0.977. The Morgan fingerprint density at radius 1 is 1.56 bits per heavy atom. The lowest BCUT2D eigenvalue weighted by atomic mass is 10.2. The Labute approximate surface area is 112 Å². The highest BCUT2D eigenvalue weighted by atomic mass is 79.9. The van der Waals surface area contributed by atoms with Crippen molar-refractivity contribution in [2.45, 2.75) is 6.54 Å². The summed E-state index contributed by atoms with van der Waals surface area (Å²) in [6, 6.07) is 5.67. The molecule has 1 N–H and O–H groups in total. The van der Waals surface area contributed by atoms with E-state index < -0.39 is 5.97 Å². The van der Waals surface area contributed by atoms with Crippen LogP contribution in [0.1, 0.15) is 16.1 Å². The van der Waals surface area contributed by atoms with Gasteiger partial charge in [-0.05, 0) is 18.2 Å². The zero-order valence-electron chi connectivity index (χ0n) is 9.63. The third-order valence-electron chi connectivity index (χ3n) is 2.45. The van der Waals surface area contributed by atoms with Crippen LogP contribution < -0.4 is 4.74 Å². The normalized spacial score (nSPS) is 10.3. The van der Waals surface area contributed by atoms with E-state index in [1.54, 1.807) is 11.7 Å². The van der Waals surface area contributed by atoms with Gasteiger partial charge in [-0.3, -0.25) is 0 Å². The van der Waals surface area contributed by atoms with Crippen molar-refractivity contribution in [3.63, 3.8) is 0 Å². The Bertz CT molecular complexity index is 580. The number of nitrogens with zero attached hydrogens (tertiary/aromatic N) is 2. The molecule has 0 aliphatic carbocycles. The van der Waals surface area contributed by atoms with Gasteiger partial charge in [-0.1, -0.05) is 15.9 Å². The van der Waals surface area contributed by atoms with E-state index in [1.807, 2.05) is 18.2 Å². The van der Waals surface area contributed by atoms with E-state index in [4.69, 9.17) is 9.84 Å². The number of hydrogen-bond acceptors (Lipinski definition) is 3. The largest absolute Gasteiger partial charge is 0.496 e. The molecule has 0 fully saturated rings. The van der Waals surface area contributed by atoms with Crippen molar-refractivity contribution in [3.8, 4) is 5.75 Å². The SMILES string of the molecule is COc1ccc(Br)cc1Cn1cnc(C(=O)O)c1. The summed E-state index contributed by atoms with van der Waals surface area (Å²) in [5, 5.41) is 8.80. The first-order chi connectivity index (χ1) is 8.60. The van der Waals surface area contributed by atoms with Crippen LogP contribution in [0, 0.1) is 0 Å². The van der Waals surface area contributed by atoms with E-state index in [9.17, 15) is 4.79 Å². The molecule has 1 aromatic heterocycles. The van der Waals surface area contributed by atoms with Gasteiger partial charge in [0.2, 0.25) is 0 Å². The molecule has 2 aromatic rings. The van der Waals surface area contributed by atoms with Crippen LogP contribution in [0.4, 0.5) is 0 Å². The van der Waals surface area contributed by atoms with Crippen molar-refractivity contribution in [2.24, 2.45) is 0 Å². The number of halogens is 1. The van der Waals surface area contributed by atoms with E-state index in [2.05, 4.69) is 20.9 Å². The van der Waals surface area contributed by atoms with Crippen molar-refractivity contribution in [3.05, 3.63) is 46.5 Å². The zero-order valence-corrected chi connectivity index (χ0v) is 11.2. The molecule has 1 heterocycles. The van der Waals surface area contributed by atoms with Crippen LogP contribution in [-0.4, -0.2) is 27.7 Å². The monoisotopic (exact) mass is 310 g/mol. The number of ether oxygens (including phenoxy) is 1. The number of methoxy groups -OCH3 is 1. The second-order valence-corrected chi connectivity index (χ2v) is 4.61. The lowest BCUT2D eigenvalue weighted by Gasteiger charge is -2.09. The minimum absolute atomic E-state index is 0.0314. The highest BCUT2D eigenvalue weighted by Gasteiger charge is 2.09. The lowest BCUT2D eigenvalue weighted by molar-refractivity contribution is 0.0691. The van der Waals surface area contributed by atoms with Crippen molar-refractivity contribution in [1.29, 1.82) is 0 Å². The Hall–Kier alpha value is -1.82. The summed E-state index contributed by atoms with van der Waals surface area (Å²) >= 11 is 3.39. The molecule has 1 aromatic carbocycles. The fourth-order valence-corrected chi connectivity index (χ4v) is 2.03. The van der Waals surface area contributed by atoms with Crippen molar-refractivity contribution in [2.75, 3.05) is 7.11 Å². The second-order valence-electron chi connectivity index (χ2n) is 3.69. The number of benzene rings is 1. The molecule has 0 radical (unpaired) electrons. The molecule has 0 spiro atoms. The van der Waals surface area contributed by atoms with Crippen LogP contribution in [0.15, 0.2) is 35.2 Å². The highest BCUT2D eigenvalue weighted by molar-refractivity contribution is 9.10. The molecule has 2 rings (SSSR count). The number of carboxylic acid groups (broad SMARTS) is 1. The van der Waals surface area contributed by atoms with E-state index in [-0.39, 0.29) is 5.69 Å². The molecule has 0 amide bonds. The van der Waals surface area contributed by atoms with Crippen molar-refractivity contribution >= 4 is 21.9 Å². The molecule has 5 nitrogen and oxygen atoms in total. The van der Waals surface area contributed by atoms with Crippen molar-refractivity contribution < 1.29 is 14.6 Å². The number of carboxylic acids is 1. The van der Waals surface area contributed by atoms with Gasteiger partial charge in [-0.25, -0.2) is 9.78 Å². The van der Waals surface area contributed by atoms with E-state index in [1.165, 1.54) is 12.5 Å². The number of rotatable bonds is 4. The van der Waals surface area contributed by atoms with Gasteiger partial charge in [0.05, 0.1) is 20.0 Å². The predicted octanol–water partition coefficient (Wildman–Crippen LogP) is 2.40. The van der Waals surface area contributed by atoms with Gasteiger partial charge in [0, 0.05) is 16.2 Å². The third kappa shape index (κ3) is 2.70. The van der Waals surface area contributed by atoms with E-state index in [0.717, 1.165) is 15.8 Å². The summed E-state index contributed by atoms with van der Waals surface area (Å²) in [7, 11) is 1.60. The van der Waals surface area contributed by atoms with E-state index >= 15 is 0 Å². The summed E-state index contributed by atoms with van der Waals surface area (Å²) < 4.78 is 7.90. The molecule has 18 heavy (non-hydrogen) atoms. The molecule has 0 bridgehead atoms. The first-order valence-corrected chi connectivity index (χ1v) is 5.97. The zero-order chi connectivity index (χ0) is 13.1. The molecular formula is C12H11BrN2O3. The van der Waals surface area contributed by atoms with Gasteiger partial charge in [-0.2, -0.15) is 0 Å². The molecular weight excluding hydrogens is 300 g/mol. The van der Waals surface area contributed by atoms with Gasteiger partial charge in [0.15, 0.2) is 5.69 Å². The number of imidazole rings is 1. The minimum atomic E-state index is -1.03. The molecule has 0 saturated carbocycles. The summed E-state index contributed by atoms with van der Waals surface area (Å²) in [6.45, 7) is 0.503. The van der Waals surface area contributed by atoms with Gasteiger partial charge >= 0.3 is 5.97 Å². The predicted molar refractivity (Wildman–Crippen MR) is 69.0 cm³/mol. The molecule has 6 heteroatoms. The van der Waals surface area contributed by atoms with Gasteiger partial charge in [-0.15, -0.1) is 0 Å². The molecule has 94 valence electrons. The van der Waals surface area contributed by atoms with E-state index in [0.29, 0.717) is 6.54 Å². The summed E-state index contributed by atoms with van der Waals surface area (Å²) in [6.07, 6.45) is 2.98. The van der Waals surface area contributed by atoms with Gasteiger partial charge in [0.25, 0.3) is 0 Å². The fourth-order valence-electron chi connectivity index (χ4n) is 1.62. The molecule has 0 aliphatic rings. The number of hydrogen-bond donors (Lipinski definition) is 1. The highest BCUT2D eigenvalue weighted by Crippen LogP contribution is 2.23. The Morgan fingerprint density at radius 3 is 2.94 bits per heavy atom. The van der Waals surface area contributed by atoms with Crippen LogP contribution in [0.3, 0.4) is 0 Å². The average Bonchev–Trinajstić information content (AvgIpc) is 2.78.